The third-order valence-electron chi connectivity index (χ3n) is 4.41. The van der Waals surface area contributed by atoms with Gasteiger partial charge < -0.3 is 0 Å². The average molecular weight is 417 g/mol. The molecule has 0 aliphatic heterocycles. The Balaban J connectivity index is 1.78. The van der Waals surface area contributed by atoms with E-state index in [1.807, 2.05) is 49.7 Å². The number of nitrogens with zero attached hydrogens (tertiary/aromatic N) is 3. The molecule has 0 saturated carbocycles. The van der Waals surface area contributed by atoms with Gasteiger partial charge in [-0.3, -0.25) is 4.68 Å². The lowest BCUT2D eigenvalue weighted by molar-refractivity contribution is 0.584. The second-order valence-electron chi connectivity index (χ2n) is 6.50. The second-order valence-corrected chi connectivity index (χ2v) is 8.57. The Morgan fingerprint density at radius 1 is 1.11 bits per heavy atom. The predicted octanol–water partition coefficient (Wildman–Crippen LogP) is 3.82. The van der Waals surface area contributed by atoms with Gasteiger partial charge in [0.05, 0.1) is 23.3 Å². The maximum Gasteiger partial charge on any atom is 0.276 e. The Bertz CT molecular complexity index is 1120. The van der Waals surface area contributed by atoms with Gasteiger partial charge in [-0.15, -0.1) is 0 Å². The minimum Gasteiger partial charge on any atom is -0.264 e. The fourth-order valence-electron chi connectivity index (χ4n) is 2.77. The van der Waals surface area contributed by atoms with Crippen molar-refractivity contribution < 1.29 is 8.42 Å². The van der Waals surface area contributed by atoms with E-state index in [1.165, 1.54) is 6.21 Å². The van der Waals surface area contributed by atoms with E-state index < -0.39 is 10.0 Å². The lowest BCUT2D eigenvalue weighted by Gasteiger charge is -2.06. The quantitative estimate of drug-likeness (QED) is 0.490. The summed E-state index contributed by atoms with van der Waals surface area (Å²) < 4.78 is 26.5. The Hall–Kier alpha value is -2.64. The Morgan fingerprint density at radius 3 is 2.46 bits per heavy atom. The zero-order valence-electron chi connectivity index (χ0n) is 15.8. The van der Waals surface area contributed by atoms with Crippen molar-refractivity contribution in [2.24, 2.45) is 5.10 Å². The summed E-state index contributed by atoms with van der Waals surface area (Å²) in [7, 11) is -3.71. The van der Waals surface area contributed by atoms with Crippen molar-refractivity contribution in [2.75, 3.05) is 0 Å². The van der Waals surface area contributed by atoms with Gasteiger partial charge in [0.2, 0.25) is 0 Å². The number of aromatic nitrogens is 2. The molecule has 3 rings (SSSR count). The molecule has 1 aromatic heterocycles. The molecule has 3 aromatic rings. The van der Waals surface area contributed by atoms with Crippen LogP contribution in [0.4, 0.5) is 0 Å². The highest BCUT2D eigenvalue weighted by Crippen LogP contribution is 2.19. The first-order valence-electron chi connectivity index (χ1n) is 8.67. The number of hydrogen-bond acceptors (Lipinski definition) is 4. The van der Waals surface area contributed by atoms with Crippen molar-refractivity contribution in [3.8, 4) is 0 Å². The van der Waals surface area contributed by atoms with Crippen LogP contribution < -0.4 is 4.83 Å². The summed E-state index contributed by atoms with van der Waals surface area (Å²) in [6.07, 6.45) is 1.48. The highest BCUT2D eigenvalue weighted by atomic mass is 35.5. The van der Waals surface area contributed by atoms with Crippen molar-refractivity contribution in [1.82, 2.24) is 14.6 Å². The number of aryl methyl sites for hydroxylation is 2. The molecule has 0 atom stereocenters. The van der Waals surface area contributed by atoms with Crippen LogP contribution in [0.1, 0.15) is 28.1 Å². The standard InChI is InChI=1S/C20H21ClN4O2S/c1-14-8-10-18(11-9-14)28(26,27)24-22-12-19-15(2)23-25(16(19)3)13-17-6-4-5-7-20(17)21/h4-12,24H,13H2,1-3H3/b22-12+. The first kappa shape index (κ1) is 20.1. The van der Waals surface area contributed by atoms with Crippen molar-refractivity contribution >= 4 is 27.8 Å². The summed E-state index contributed by atoms with van der Waals surface area (Å²) in [6, 6.07) is 14.2. The average Bonchev–Trinajstić information content (AvgIpc) is 2.91. The van der Waals surface area contributed by atoms with E-state index >= 15 is 0 Å². The van der Waals surface area contributed by atoms with Crippen molar-refractivity contribution in [1.29, 1.82) is 0 Å². The molecule has 0 amide bonds. The van der Waals surface area contributed by atoms with Gasteiger partial charge in [0.25, 0.3) is 10.0 Å². The molecule has 0 unspecified atom stereocenters. The molecular formula is C20H21ClN4O2S. The molecule has 1 N–H and O–H groups in total. The van der Waals surface area contributed by atoms with Crippen molar-refractivity contribution in [2.45, 2.75) is 32.2 Å². The number of halogens is 1. The first-order chi connectivity index (χ1) is 13.3. The van der Waals surface area contributed by atoms with Gasteiger partial charge in [0.1, 0.15) is 0 Å². The summed E-state index contributed by atoms with van der Waals surface area (Å²) >= 11 is 6.23. The van der Waals surface area contributed by atoms with Crippen LogP contribution in [0, 0.1) is 20.8 Å². The number of rotatable bonds is 6. The zero-order valence-corrected chi connectivity index (χ0v) is 17.4. The van der Waals surface area contributed by atoms with Crippen LogP contribution in [-0.2, 0) is 16.6 Å². The molecule has 1 heterocycles. The van der Waals surface area contributed by atoms with Gasteiger partial charge >= 0.3 is 0 Å². The molecule has 0 radical (unpaired) electrons. The van der Waals surface area contributed by atoms with Crippen LogP contribution >= 0.6 is 11.6 Å². The minimum absolute atomic E-state index is 0.165. The fraction of sp³-hybridized carbons (Fsp3) is 0.200. The van der Waals surface area contributed by atoms with Gasteiger partial charge in [-0.1, -0.05) is 47.5 Å². The molecule has 0 fully saturated rings. The van der Waals surface area contributed by atoms with Gasteiger partial charge in [-0.05, 0) is 44.5 Å². The van der Waals surface area contributed by atoms with Crippen molar-refractivity contribution in [3.63, 3.8) is 0 Å². The Kier molecular flexibility index (Phi) is 5.86. The van der Waals surface area contributed by atoms with Crippen LogP contribution in [0.3, 0.4) is 0 Å². The number of benzene rings is 2. The van der Waals surface area contributed by atoms with E-state index in [4.69, 9.17) is 11.6 Å². The number of hydrogen-bond donors (Lipinski definition) is 1. The van der Waals surface area contributed by atoms with Crippen LogP contribution in [0.5, 0.6) is 0 Å². The SMILES string of the molecule is Cc1ccc(S(=O)(=O)N/N=C/c2c(C)nn(Cc3ccccc3Cl)c2C)cc1. The van der Waals surface area contributed by atoms with Crippen LogP contribution in [0.15, 0.2) is 58.5 Å². The maximum absolute atomic E-state index is 12.3. The summed E-state index contributed by atoms with van der Waals surface area (Å²) in [5, 5.41) is 9.13. The molecule has 28 heavy (non-hydrogen) atoms. The number of sulfonamides is 1. The highest BCUT2D eigenvalue weighted by Gasteiger charge is 2.14. The van der Waals surface area contributed by atoms with E-state index in [0.717, 1.165) is 28.1 Å². The zero-order chi connectivity index (χ0) is 20.3. The van der Waals surface area contributed by atoms with Gasteiger partial charge in [0.15, 0.2) is 0 Å². The topological polar surface area (TPSA) is 76.3 Å². The molecule has 0 saturated heterocycles. The summed E-state index contributed by atoms with van der Waals surface area (Å²) in [4.78, 5) is 2.41. The number of nitrogens with one attached hydrogen (secondary N) is 1. The second kappa shape index (κ2) is 8.16. The van der Waals surface area contributed by atoms with Crippen LogP contribution in [-0.4, -0.2) is 24.4 Å². The summed E-state index contributed by atoms with van der Waals surface area (Å²) in [5.74, 6) is 0. The highest BCUT2D eigenvalue weighted by molar-refractivity contribution is 7.89. The third kappa shape index (κ3) is 4.43. The fourth-order valence-corrected chi connectivity index (χ4v) is 3.76. The molecule has 0 aliphatic rings. The summed E-state index contributed by atoms with van der Waals surface area (Å²) in [6.45, 7) is 6.18. The van der Waals surface area contributed by atoms with Gasteiger partial charge in [0, 0.05) is 16.3 Å². The van der Waals surface area contributed by atoms with E-state index in [-0.39, 0.29) is 4.90 Å². The number of hydrazone groups is 1. The summed E-state index contributed by atoms with van der Waals surface area (Å²) in [5.41, 5.74) is 4.33. The van der Waals surface area contributed by atoms with Gasteiger partial charge in [-0.2, -0.15) is 18.6 Å². The van der Waals surface area contributed by atoms with Gasteiger partial charge in [-0.25, -0.2) is 4.83 Å². The molecule has 0 aliphatic carbocycles. The van der Waals surface area contributed by atoms with Crippen LogP contribution in [0.2, 0.25) is 5.02 Å². The predicted molar refractivity (Wildman–Crippen MR) is 111 cm³/mol. The molecular weight excluding hydrogens is 396 g/mol. The normalized spacial score (nSPS) is 11.9. The van der Waals surface area contributed by atoms with E-state index in [0.29, 0.717) is 11.6 Å². The monoisotopic (exact) mass is 416 g/mol. The molecule has 0 spiro atoms. The maximum atomic E-state index is 12.3. The molecule has 8 heteroatoms. The Morgan fingerprint density at radius 2 is 1.79 bits per heavy atom. The molecule has 146 valence electrons. The molecule has 6 nitrogen and oxygen atoms in total. The largest absolute Gasteiger partial charge is 0.276 e. The Labute approximate surface area is 169 Å². The van der Waals surface area contributed by atoms with E-state index in [9.17, 15) is 8.42 Å². The molecule has 2 aromatic carbocycles. The first-order valence-corrected chi connectivity index (χ1v) is 10.5. The third-order valence-corrected chi connectivity index (χ3v) is 6.02. The smallest absolute Gasteiger partial charge is 0.264 e. The van der Waals surface area contributed by atoms with Crippen molar-refractivity contribution in [3.05, 3.63) is 81.6 Å². The van der Waals surface area contributed by atoms with E-state index in [1.54, 1.807) is 24.3 Å². The minimum atomic E-state index is -3.71. The van der Waals surface area contributed by atoms with Crippen LogP contribution in [0.25, 0.3) is 0 Å². The molecule has 0 bridgehead atoms. The lowest BCUT2D eigenvalue weighted by atomic mass is 10.2. The van der Waals surface area contributed by atoms with E-state index in [2.05, 4.69) is 15.0 Å². The lowest BCUT2D eigenvalue weighted by Crippen LogP contribution is -2.18.